The van der Waals surface area contributed by atoms with Crippen LogP contribution >= 0.6 is 23.2 Å². The SMILES string of the molecule is CCn1ccnc1OCc1ccc(Cl)cc1Cl. The third-order valence-corrected chi connectivity index (χ3v) is 2.98. The van der Waals surface area contributed by atoms with E-state index in [1.165, 1.54) is 0 Å². The van der Waals surface area contributed by atoms with E-state index in [2.05, 4.69) is 4.98 Å². The molecule has 1 aromatic heterocycles. The van der Waals surface area contributed by atoms with Gasteiger partial charge in [-0.1, -0.05) is 29.3 Å². The number of benzene rings is 1. The molecule has 0 aliphatic rings. The molecule has 1 heterocycles. The van der Waals surface area contributed by atoms with E-state index >= 15 is 0 Å². The van der Waals surface area contributed by atoms with Crippen molar-refractivity contribution in [3.05, 3.63) is 46.2 Å². The first-order valence-electron chi connectivity index (χ1n) is 5.28. The molecule has 0 fully saturated rings. The number of hydrogen-bond acceptors (Lipinski definition) is 2. The van der Waals surface area contributed by atoms with Crippen LogP contribution in [0.3, 0.4) is 0 Å². The standard InChI is InChI=1S/C12H12Cl2N2O/c1-2-16-6-5-15-12(16)17-8-9-3-4-10(13)7-11(9)14/h3-7H,2,8H2,1H3. The lowest BCUT2D eigenvalue weighted by molar-refractivity contribution is 0.268. The van der Waals surface area contributed by atoms with Crippen LogP contribution in [0.15, 0.2) is 30.6 Å². The Kier molecular flexibility index (Phi) is 3.92. The van der Waals surface area contributed by atoms with E-state index in [4.69, 9.17) is 27.9 Å². The number of ether oxygens (including phenoxy) is 1. The summed E-state index contributed by atoms with van der Waals surface area (Å²) in [4.78, 5) is 4.12. The lowest BCUT2D eigenvalue weighted by atomic mass is 10.2. The molecule has 0 saturated heterocycles. The first kappa shape index (κ1) is 12.3. The average molecular weight is 271 g/mol. The number of halogens is 2. The number of nitrogens with zero attached hydrogens (tertiary/aromatic N) is 2. The molecule has 0 aliphatic heterocycles. The summed E-state index contributed by atoms with van der Waals surface area (Å²) in [6.45, 7) is 3.24. The van der Waals surface area contributed by atoms with Crippen LogP contribution < -0.4 is 4.74 Å². The summed E-state index contributed by atoms with van der Waals surface area (Å²) >= 11 is 11.9. The Labute approximate surface area is 110 Å². The number of rotatable bonds is 4. The van der Waals surface area contributed by atoms with Gasteiger partial charge in [-0.2, -0.15) is 0 Å². The Morgan fingerprint density at radius 1 is 1.35 bits per heavy atom. The van der Waals surface area contributed by atoms with E-state index in [1.807, 2.05) is 23.8 Å². The molecule has 17 heavy (non-hydrogen) atoms. The van der Waals surface area contributed by atoms with Gasteiger partial charge in [-0.3, -0.25) is 0 Å². The van der Waals surface area contributed by atoms with Crippen LogP contribution in [0.2, 0.25) is 10.0 Å². The van der Waals surface area contributed by atoms with Gasteiger partial charge in [-0.05, 0) is 19.1 Å². The molecule has 2 rings (SSSR count). The Balaban J connectivity index is 2.07. The molecule has 3 nitrogen and oxygen atoms in total. The summed E-state index contributed by atoms with van der Waals surface area (Å²) in [6, 6.07) is 5.94. The fourth-order valence-corrected chi connectivity index (χ4v) is 1.92. The largest absolute Gasteiger partial charge is 0.460 e. The highest BCUT2D eigenvalue weighted by Crippen LogP contribution is 2.22. The molecule has 0 unspecified atom stereocenters. The summed E-state index contributed by atoms with van der Waals surface area (Å²) in [5.74, 6) is 0. The number of aromatic nitrogens is 2. The van der Waals surface area contributed by atoms with E-state index < -0.39 is 0 Å². The van der Waals surface area contributed by atoms with Crippen molar-refractivity contribution in [3.8, 4) is 6.01 Å². The van der Waals surface area contributed by atoms with Crippen LogP contribution in [0.5, 0.6) is 6.01 Å². The number of hydrogen-bond donors (Lipinski definition) is 0. The zero-order chi connectivity index (χ0) is 12.3. The monoisotopic (exact) mass is 270 g/mol. The van der Waals surface area contributed by atoms with Gasteiger partial charge in [0.2, 0.25) is 0 Å². The fourth-order valence-electron chi connectivity index (χ4n) is 1.46. The van der Waals surface area contributed by atoms with Gasteiger partial charge in [0.25, 0.3) is 6.01 Å². The van der Waals surface area contributed by atoms with Crippen LogP contribution in [-0.4, -0.2) is 9.55 Å². The number of imidazole rings is 1. The predicted octanol–water partition coefficient (Wildman–Crippen LogP) is 3.79. The van der Waals surface area contributed by atoms with Gasteiger partial charge in [-0.15, -0.1) is 0 Å². The summed E-state index contributed by atoms with van der Waals surface area (Å²) in [5, 5.41) is 1.22. The van der Waals surface area contributed by atoms with Crippen molar-refractivity contribution < 1.29 is 4.74 Å². The topological polar surface area (TPSA) is 27.1 Å². The molecule has 5 heteroatoms. The maximum atomic E-state index is 6.05. The lowest BCUT2D eigenvalue weighted by Crippen LogP contribution is -2.03. The molecule has 0 saturated carbocycles. The van der Waals surface area contributed by atoms with E-state index in [9.17, 15) is 0 Å². The van der Waals surface area contributed by atoms with Gasteiger partial charge < -0.3 is 9.30 Å². The molecule has 0 radical (unpaired) electrons. The second-order valence-corrected chi connectivity index (χ2v) is 4.36. The molecule has 0 spiro atoms. The van der Waals surface area contributed by atoms with E-state index in [0.717, 1.165) is 12.1 Å². The Morgan fingerprint density at radius 2 is 2.18 bits per heavy atom. The predicted molar refractivity (Wildman–Crippen MR) is 68.7 cm³/mol. The van der Waals surface area contributed by atoms with Crippen molar-refractivity contribution in [2.45, 2.75) is 20.1 Å². The van der Waals surface area contributed by atoms with Crippen LogP contribution in [-0.2, 0) is 13.2 Å². The molecule has 0 N–H and O–H groups in total. The van der Waals surface area contributed by atoms with Gasteiger partial charge in [-0.25, -0.2) is 4.98 Å². The van der Waals surface area contributed by atoms with Gasteiger partial charge in [0.15, 0.2) is 0 Å². The smallest absolute Gasteiger partial charge is 0.296 e. The van der Waals surface area contributed by atoms with Crippen LogP contribution in [0.1, 0.15) is 12.5 Å². The Bertz CT molecular complexity index is 511. The van der Waals surface area contributed by atoms with Gasteiger partial charge in [0.1, 0.15) is 6.61 Å². The van der Waals surface area contributed by atoms with Gasteiger partial charge in [0.05, 0.1) is 0 Å². The molecular weight excluding hydrogens is 259 g/mol. The minimum absolute atomic E-state index is 0.382. The molecule has 0 atom stereocenters. The third-order valence-electron chi connectivity index (χ3n) is 2.39. The molecule has 0 bridgehead atoms. The average Bonchev–Trinajstić information content (AvgIpc) is 2.75. The zero-order valence-electron chi connectivity index (χ0n) is 9.36. The highest BCUT2D eigenvalue weighted by Gasteiger charge is 2.05. The normalized spacial score (nSPS) is 10.5. The first-order valence-corrected chi connectivity index (χ1v) is 6.04. The van der Waals surface area contributed by atoms with Crippen LogP contribution in [0.4, 0.5) is 0 Å². The molecular formula is C12H12Cl2N2O. The van der Waals surface area contributed by atoms with Crippen molar-refractivity contribution in [2.75, 3.05) is 0 Å². The van der Waals surface area contributed by atoms with Crippen molar-refractivity contribution in [2.24, 2.45) is 0 Å². The van der Waals surface area contributed by atoms with E-state index in [0.29, 0.717) is 22.7 Å². The van der Waals surface area contributed by atoms with Crippen LogP contribution in [0, 0.1) is 0 Å². The van der Waals surface area contributed by atoms with Crippen molar-refractivity contribution >= 4 is 23.2 Å². The molecule has 0 amide bonds. The second-order valence-electron chi connectivity index (χ2n) is 3.52. The minimum atomic E-state index is 0.382. The summed E-state index contributed by atoms with van der Waals surface area (Å²) in [6.07, 6.45) is 3.58. The van der Waals surface area contributed by atoms with Crippen molar-refractivity contribution in [1.29, 1.82) is 0 Å². The lowest BCUT2D eigenvalue weighted by Gasteiger charge is -2.08. The number of aryl methyl sites for hydroxylation is 1. The third kappa shape index (κ3) is 2.93. The van der Waals surface area contributed by atoms with Crippen molar-refractivity contribution in [3.63, 3.8) is 0 Å². The first-order chi connectivity index (χ1) is 8.20. The zero-order valence-corrected chi connectivity index (χ0v) is 10.9. The maximum absolute atomic E-state index is 6.05. The molecule has 0 aliphatic carbocycles. The highest BCUT2D eigenvalue weighted by molar-refractivity contribution is 6.35. The fraction of sp³-hybridized carbons (Fsp3) is 0.250. The van der Waals surface area contributed by atoms with Crippen LogP contribution in [0.25, 0.3) is 0 Å². The van der Waals surface area contributed by atoms with Gasteiger partial charge >= 0.3 is 0 Å². The Morgan fingerprint density at radius 3 is 2.88 bits per heavy atom. The van der Waals surface area contributed by atoms with Gasteiger partial charge in [0, 0.05) is 34.5 Å². The highest BCUT2D eigenvalue weighted by atomic mass is 35.5. The van der Waals surface area contributed by atoms with E-state index in [-0.39, 0.29) is 0 Å². The quantitative estimate of drug-likeness (QED) is 0.845. The second kappa shape index (κ2) is 5.43. The van der Waals surface area contributed by atoms with Crippen molar-refractivity contribution in [1.82, 2.24) is 9.55 Å². The minimum Gasteiger partial charge on any atom is -0.460 e. The summed E-state index contributed by atoms with van der Waals surface area (Å²) < 4.78 is 7.52. The Hall–Kier alpha value is -1.19. The molecule has 2 aromatic rings. The molecule has 1 aromatic carbocycles. The maximum Gasteiger partial charge on any atom is 0.296 e. The molecule has 90 valence electrons. The van der Waals surface area contributed by atoms with E-state index in [1.54, 1.807) is 18.3 Å². The summed E-state index contributed by atoms with van der Waals surface area (Å²) in [5.41, 5.74) is 0.890. The summed E-state index contributed by atoms with van der Waals surface area (Å²) in [7, 11) is 0.